The van der Waals surface area contributed by atoms with Crippen LogP contribution < -0.4 is 5.32 Å². The number of nitro groups is 1. The van der Waals surface area contributed by atoms with Crippen LogP contribution in [0.3, 0.4) is 0 Å². The van der Waals surface area contributed by atoms with Gasteiger partial charge in [0.2, 0.25) is 0 Å². The van der Waals surface area contributed by atoms with Crippen molar-refractivity contribution >= 4 is 22.7 Å². The second-order valence-corrected chi connectivity index (χ2v) is 5.43. The Morgan fingerprint density at radius 1 is 1.45 bits per heavy atom. The molecule has 0 amide bonds. The third-order valence-electron chi connectivity index (χ3n) is 2.83. The number of hydrogen-bond acceptors (Lipinski definition) is 5. The third-order valence-corrected chi connectivity index (χ3v) is 3.73. The van der Waals surface area contributed by atoms with Gasteiger partial charge in [0.05, 0.1) is 4.92 Å². The van der Waals surface area contributed by atoms with E-state index in [2.05, 4.69) is 5.32 Å². The zero-order valence-electron chi connectivity index (χ0n) is 10.9. The number of nitrogens with zero attached hydrogens (tertiary/aromatic N) is 2. The van der Waals surface area contributed by atoms with Crippen LogP contribution in [0.5, 0.6) is 0 Å². The van der Waals surface area contributed by atoms with Crippen molar-refractivity contribution in [2.75, 3.05) is 5.32 Å². The Bertz CT molecular complexity index is 647. The van der Waals surface area contributed by atoms with Gasteiger partial charge < -0.3 is 5.32 Å². The first-order valence-corrected chi connectivity index (χ1v) is 6.96. The number of benzene rings is 1. The molecule has 0 bridgehead atoms. The van der Waals surface area contributed by atoms with E-state index in [1.807, 2.05) is 30.5 Å². The van der Waals surface area contributed by atoms with E-state index in [0.717, 1.165) is 6.42 Å². The highest BCUT2D eigenvalue weighted by Gasteiger charge is 2.20. The molecule has 6 heteroatoms. The number of nitro benzene ring substituents is 1. The summed E-state index contributed by atoms with van der Waals surface area (Å²) in [6, 6.07) is 10.6. The van der Waals surface area contributed by atoms with Crippen LogP contribution in [0, 0.1) is 21.4 Å². The fourth-order valence-electron chi connectivity index (χ4n) is 1.99. The van der Waals surface area contributed by atoms with Crippen LogP contribution in [0.15, 0.2) is 35.7 Å². The van der Waals surface area contributed by atoms with Gasteiger partial charge in [0, 0.05) is 17.3 Å². The fourth-order valence-corrected chi connectivity index (χ4v) is 2.83. The van der Waals surface area contributed by atoms with Crippen LogP contribution in [0.4, 0.5) is 11.4 Å². The minimum Gasteiger partial charge on any atom is -0.377 e. The van der Waals surface area contributed by atoms with Crippen molar-refractivity contribution in [1.29, 1.82) is 5.26 Å². The number of nitrogens with one attached hydrogen (secondary N) is 1. The smallest absolute Gasteiger partial charge is 0.309 e. The van der Waals surface area contributed by atoms with Crippen LogP contribution in [0.25, 0.3) is 0 Å². The predicted octanol–water partition coefficient (Wildman–Crippen LogP) is 3.57. The zero-order chi connectivity index (χ0) is 14.5. The number of hydrogen-bond donors (Lipinski definition) is 1. The summed E-state index contributed by atoms with van der Waals surface area (Å²) < 4.78 is 0. The maximum absolute atomic E-state index is 11.1. The fraction of sp³-hybridized carbons (Fsp3) is 0.214. The molecule has 0 spiro atoms. The number of para-hydroxylation sites is 1. The van der Waals surface area contributed by atoms with E-state index in [0.29, 0.717) is 5.69 Å². The Hall–Kier alpha value is -2.39. The van der Waals surface area contributed by atoms with Gasteiger partial charge in [-0.3, -0.25) is 10.1 Å². The minimum atomic E-state index is -0.515. The van der Waals surface area contributed by atoms with Crippen LogP contribution in [0.2, 0.25) is 0 Å². The third kappa shape index (κ3) is 3.13. The molecule has 1 aromatic carbocycles. The molecule has 0 aliphatic heterocycles. The molecule has 20 heavy (non-hydrogen) atoms. The topological polar surface area (TPSA) is 79.0 Å². The van der Waals surface area contributed by atoms with E-state index in [4.69, 9.17) is 5.26 Å². The summed E-state index contributed by atoms with van der Waals surface area (Å²) in [6.45, 7) is 1.96. The second kappa shape index (κ2) is 6.17. The molecule has 0 fully saturated rings. The summed E-state index contributed by atoms with van der Waals surface area (Å²) in [5.74, 6) is 0. The number of rotatable bonds is 5. The Kier molecular flexibility index (Phi) is 4.33. The molecule has 1 aromatic heterocycles. The molecule has 0 aliphatic rings. The molecule has 1 N–H and O–H groups in total. The van der Waals surface area contributed by atoms with Crippen LogP contribution in [-0.2, 0) is 6.42 Å². The van der Waals surface area contributed by atoms with Crippen molar-refractivity contribution in [1.82, 2.24) is 0 Å². The molecular weight excluding hydrogens is 274 g/mol. The summed E-state index contributed by atoms with van der Waals surface area (Å²) in [4.78, 5) is 11.8. The average Bonchev–Trinajstić information content (AvgIpc) is 2.90. The summed E-state index contributed by atoms with van der Waals surface area (Å²) in [5.41, 5.74) is 0.300. The summed E-state index contributed by atoms with van der Waals surface area (Å²) in [7, 11) is 0. The first-order valence-electron chi connectivity index (χ1n) is 6.08. The molecule has 0 saturated carbocycles. The number of nitriles is 1. The van der Waals surface area contributed by atoms with Crippen LogP contribution >= 0.6 is 11.3 Å². The van der Waals surface area contributed by atoms with E-state index < -0.39 is 4.92 Å². The molecule has 0 aliphatic carbocycles. The lowest BCUT2D eigenvalue weighted by Gasteiger charge is -2.14. The highest BCUT2D eigenvalue weighted by atomic mass is 32.1. The van der Waals surface area contributed by atoms with Gasteiger partial charge in [-0.25, -0.2) is 0 Å². The monoisotopic (exact) mass is 287 g/mol. The highest BCUT2D eigenvalue weighted by Crippen LogP contribution is 2.29. The summed E-state index contributed by atoms with van der Waals surface area (Å²) in [5, 5.41) is 25.2. The predicted molar refractivity (Wildman–Crippen MR) is 78.9 cm³/mol. The molecule has 1 atom stereocenters. The summed E-state index contributed by atoms with van der Waals surface area (Å²) in [6.07, 6.45) is 0.783. The Balaban J connectivity index is 2.21. The van der Waals surface area contributed by atoms with E-state index >= 15 is 0 Å². The van der Waals surface area contributed by atoms with Crippen molar-refractivity contribution in [3.8, 4) is 6.07 Å². The number of anilines is 1. The SMILES string of the molecule is CC(Cc1cccs1)Nc1cccc(C#N)c1[N+](=O)[O-]. The van der Waals surface area contributed by atoms with E-state index in [1.165, 1.54) is 10.9 Å². The molecule has 102 valence electrons. The van der Waals surface area contributed by atoms with Gasteiger partial charge in [0.15, 0.2) is 0 Å². The average molecular weight is 287 g/mol. The van der Waals surface area contributed by atoms with E-state index in [9.17, 15) is 10.1 Å². The van der Waals surface area contributed by atoms with Gasteiger partial charge >= 0.3 is 5.69 Å². The van der Waals surface area contributed by atoms with Crippen molar-refractivity contribution in [2.45, 2.75) is 19.4 Å². The van der Waals surface area contributed by atoms with Gasteiger partial charge in [-0.1, -0.05) is 12.1 Å². The minimum absolute atomic E-state index is 0.0429. The molecule has 5 nitrogen and oxygen atoms in total. The maximum Gasteiger partial charge on any atom is 0.309 e. The lowest BCUT2D eigenvalue weighted by atomic mass is 10.1. The van der Waals surface area contributed by atoms with Crippen molar-refractivity contribution in [3.63, 3.8) is 0 Å². The molecule has 1 heterocycles. The standard InChI is InChI=1S/C14H13N3O2S/c1-10(8-12-5-3-7-20-12)16-13-6-2-4-11(9-15)14(13)17(18)19/h2-7,10,16H,8H2,1H3. The van der Waals surface area contributed by atoms with Gasteiger partial charge in [0.1, 0.15) is 17.3 Å². The van der Waals surface area contributed by atoms with Crippen LogP contribution in [-0.4, -0.2) is 11.0 Å². The quantitative estimate of drug-likeness (QED) is 0.673. The molecule has 1 unspecified atom stereocenters. The van der Waals surface area contributed by atoms with Gasteiger partial charge in [-0.2, -0.15) is 5.26 Å². The van der Waals surface area contributed by atoms with Crippen LogP contribution in [0.1, 0.15) is 17.4 Å². The molecular formula is C14H13N3O2S. The Morgan fingerprint density at radius 2 is 2.25 bits per heavy atom. The normalized spacial score (nSPS) is 11.6. The Morgan fingerprint density at radius 3 is 2.85 bits per heavy atom. The van der Waals surface area contributed by atoms with Gasteiger partial charge in [-0.05, 0) is 30.5 Å². The van der Waals surface area contributed by atoms with Crippen molar-refractivity contribution in [3.05, 3.63) is 56.3 Å². The largest absolute Gasteiger partial charge is 0.377 e. The molecule has 0 saturated heterocycles. The first-order chi connectivity index (χ1) is 9.61. The Labute approximate surface area is 120 Å². The maximum atomic E-state index is 11.1. The van der Waals surface area contributed by atoms with Crippen molar-refractivity contribution < 1.29 is 4.92 Å². The van der Waals surface area contributed by atoms with Gasteiger partial charge in [-0.15, -0.1) is 11.3 Å². The lowest BCUT2D eigenvalue weighted by molar-refractivity contribution is -0.384. The molecule has 2 rings (SSSR count). The van der Waals surface area contributed by atoms with E-state index in [-0.39, 0.29) is 17.3 Å². The molecule has 2 aromatic rings. The molecule has 0 radical (unpaired) electrons. The highest BCUT2D eigenvalue weighted by molar-refractivity contribution is 7.09. The number of thiophene rings is 1. The zero-order valence-corrected chi connectivity index (χ0v) is 11.7. The lowest BCUT2D eigenvalue weighted by Crippen LogP contribution is -2.18. The van der Waals surface area contributed by atoms with E-state index in [1.54, 1.807) is 23.5 Å². The van der Waals surface area contributed by atoms with Gasteiger partial charge in [0.25, 0.3) is 0 Å². The first kappa shape index (κ1) is 14.0. The summed E-state index contributed by atoms with van der Waals surface area (Å²) >= 11 is 1.65. The van der Waals surface area contributed by atoms with Crippen molar-refractivity contribution in [2.24, 2.45) is 0 Å². The second-order valence-electron chi connectivity index (χ2n) is 4.40.